The van der Waals surface area contributed by atoms with Gasteiger partial charge in [0.1, 0.15) is 0 Å². The molecule has 2 unspecified atom stereocenters. The Kier molecular flexibility index (Phi) is 4.06. The Bertz CT molecular complexity index is 435. The lowest BCUT2D eigenvalue weighted by Crippen LogP contribution is -2.60. The van der Waals surface area contributed by atoms with Crippen molar-refractivity contribution < 1.29 is 0 Å². The molecule has 0 saturated carbocycles. The summed E-state index contributed by atoms with van der Waals surface area (Å²) >= 11 is 0. The average Bonchev–Trinajstić information content (AvgIpc) is 2.88. The van der Waals surface area contributed by atoms with E-state index in [9.17, 15) is 0 Å². The molecule has 0 aromatic carbocycles. The molecule has 1 aromatic heterocycles. The number of fused-ring (bicyclic) bond motifs is 1. The quantitative estimate of drug-likeness (QED) is 0.903. The van der Waals surface area contributed by atoms with Crippen LogP contribution in [0.4, 0.5) is 0 Å². The molecule has 4 heteroatoms. The zero-order valence-electron chi connectivity index (χ0n) is 12.5. The number of hydrogen-bond acceptors (Lipinski definition) is 4. The monoisotopic (exact) mass is 274 g/mol. The number of rotatable bonds is 4. The van der Waals surface area contributed by atoms with E-state index in [4.69, 9.17) is 5.73 Å². The molecule has 0 spiro atoms. The number of nitrogens with two attached hydrogens (primary N) is 1. The maximum Gasteiger partial charge on any atom is 0.0499 e. The van der Waals surface area contributed by atoms with Crippen LogP contribution in [0.1, 0.15) is 31.2 Å². The summed E-state index contributed by atoms with van der Waals surface area (Å²) in [5, 5.41) is 0. The Morgan fingerprint density at radius 3 is 3.10 bits per heavy atom. The summed E-state index contributed by atoms with van der Waals surface area (Å²) in [7, 11) is 2.23. The van der Waals surface area contributed by atoms with Gasteiger partial charge in [-0.25, -0.2) is 0 Å². The lowest BCUT2D eigenvalue weighted by molar-refractivity contribution is 0.0511. The van der Waals surface area contributed by atoms with Crippen molar-refractivity contribution in [2.24, 2.45) is 5.73 Å². The van der Waals surface area contributed by atoms with Crippen LogP contribution in [0.3, 0.4) is 0 Å². The molecule has 0 bridgehead atoms. The first-order valence-corrected chi connectivity index (χ1v) is 7.80. The second-order valence-electron chi connectivity index (χ2n) is 6.32. The lowest BCUT2D eigenvalue weighted by Gasteiger charge is -2.46. The summed E-state index contributed by atoms with van der Waals surface area (Å²) < 4.78 is 0. The predicted octanol–water partition coefficient (Wildman–Crippen LogP) is 1.47. The standard InChI is InChI=1S/C16H26N4/c1-19(12-14-5-4-8-18-11-14)16(13-17)7-10-20-9-3-2-6-15(16)20/h4-5,8,11,15H,2-3,6-7,9-10,12-13,17H2,1H3. The Morgan fingerprint density at radius 1 is 1.45 bits per heavy atom. The van der Waals surface area contributed by atoms with E-state index >= 15 is 0 Å². The van der Waals surface area contributed by atoms with Crippen molar-refractivity contribution in [1.82, 2.24) is 14.8 Å². The second-order valence-corrected chi connectivity index (χ2v) is 6.32. The first-order chi connectivity index (χ1) is 9.76. The second kappa shape index (κ2) is 5.80. The highest BCUT2D eigenvalue weighted by atomic mass is 15.3. The fraction of sp³-hybridized carbons (Fsp3) is 0.688. The van der Waals surface area contributed by atoms with E-state index in [0.29, 0.717) is 6.04 Å². The van der Waals surface area contributed by atoms with Gasteiger partial charge < -0.3 is 5.73 Å². The van der Waals surface area contributed by atoms with E-state index in [1.54, 1.807) is 0 Å². The maximum absolute atomic E-state index is 6.25. The Morgan fingerprint density at radius 2 is 2.35 bits per heavy atom. The molecule has 2 fully saturated rings. The number of pyridine rings is 1. The van der Waals surface area contributed by atoms with Crippen molar-refractivity contribution in [1.29, 1.82) is 0 Å². The summed E-state index contributed by atoms with van der Waals surface area (Å²) in [6.07, 6.45) is 9.00. The van der Waals surface area contributed by atoms with E-state index in [-0.39, 0.29) is 5.54 Å². The highest BCUT2D eigenvalue weighted by molar-refractivity contribution is 5.13. The minimum absolute atomic E-state index is 0.149. The van der Waals surface area contributed by atoms with Gasteiger partial charge in [-0.2, -0.15) is 0 Å². The summed E-state index contributed by atoms with van der Waals surface area (Å²) in [6.45, 7) is 4.16. The van der Waals surface area contributed by atoms with Gasteiger partial charge in [-0.3, -0.25) is 14.8 Å². The topological polar surface area (TPSA) is 45.4 Å². The number of aromatic nitrogens is 1. The molecule has 0 radical (unpaired) electrons. The molecule has 2 saturated heterocycles. The largest absolute Gasteiger partial charge is 0.329 e. The van der Waals surface area contributed by atoms with Crippen molar-refractivity contribution in [3.63, 3.8) is 0 Å². The van der Waals surface area contributed by atoms with E-state index in [0.717, 1.165) is 13.1 Å². The van der Waals surface area contributed by atoms with Gasteiger partial charge in [-0.05, 0) is 44.5 Å². The first-order valence-electron chi connectivity index (χ1n) is 7.80. The van der Waals surface area contributed by atoms with E-state index in [1.165, 1.54) is 44.3 Å². The number of hydrogen-bond donors (Lipinski definition) is 1. The maximum atomic E-state index is 6.25. The van der Waals surface area contributed by atoms with Crippen LogP contribution in [0, 0.1) is 0 Å². The van der Waals surface area contributed by atoms with E-state index in [2.05, 4.69) is 27.9 Å². The fourth-order valence-electron chi connectivity index (χ4n) is 4.13. The highest BCUT2D eigenvalue weighted by Crippen LogP contribution is 2.38. The van der Waals surface area contributed by atoms with Gasteiger partial charge in [-0.15, -0.1) is 0 Å². The highest BCUT2D eigenvalue weighted by Gasteiger charge is 2.49. The van der Waals surface area contributed by atoms with Gasteiger partial charge in [0.15, 0.2) is 0 Å². The minimum atomic E-state index is 0.149. The van der Waals surface area contributed by atoms with Crippen molar-refractivity contribution in [2.75, 3.05) is 26.7 Å². The molecule has 0 amide bonds. The SMILES string of the molecule is CN(Cc1cccnc1)C1(CN)CCN2CCCCC21. The zero-order valence-corrected chi connectivity index (χ0v) is 12.5. The van der Waals surface area contributed by atoms with Crippen LogP contribution < -0.4 is 5.73 Å². The Balaban J connectivity index is 1.78. The van der Waals surface area contributed by atoms with Crippen molar-refractivity contribution in [2.45, 2.75) is 43.8 Å². The molecule has 2 aliphatic rings. The molecule has 110 valence electrons. The molecule has 3 rings (SSSR count). The lowest BCUT2D eigenvalue weighted by atomic mass is 9.84. The van der Waals surface area contributed by atoms with Crippen molar-refractivity contribution in [3.8, 4) is 0 Å². The molecular formula is C16H26N4. The van der Waals surface area contributed by atoms with Crippen molar-refractivity contribution >= 4 is 0 Å². The summed E-state index contributed by atoms with van der Waals surface area (Å²) in [6, 6.07) is 4.81. The summed E-state index contributed by atoms with van der Waals surface area (Å²) in [5.41, 5.74) is 7.67. The third-order valence-electron chi connectivity index (χ3n) is 5.32. The minimum Gasteiger partial charge on any atom is -0.329 e. The normalized spacial score (nSPS) is 30.6. The molecule has 1 aromatic rings. The molecule has 0 aliphatic carbocycles. The van der Waals surface area contributed by atoms with Gasteiger partial charge in [0.2, 0.25) is 0 Å². The third-order valence-corrected chi connectivity index (χ3v) is 5.32. The van der Waals surface area contributed by atoms with E-state index < -0.39 is 0 Å². The summed E-state index contributed by atoms with van der Waals surface area (Å²) in [5.74, 6) is 0. The molecule has 2 N–H and O–H groups in total. The van der Waals surface area contributed by atoms with Crippen LogP contribution in [-0.2, 0) is 6.54 Å². The van der Waals surface area contributed by atoms with Gasteiger partial charge in [-0.1, -0.05) is 12.5 Å². The molecular weight excluding hydrogens is 248 g/mol. The van der Waals surface area contributed by atoms with Crippen molar-refractivity contribution in [3.05, 3.63) is 30.1 Å². The summed E-state index contributed by atoms with van der Waals surface area (Å²) in [4.78, 5) is 9.37. The molecule has 4 nitrogen and oxygen atoms in total. The van der Waals surface area contributed by atoms with Gasteiger partial charge in [0.05, 0.1) is 0 Å². The van der Waals surface area contributed by atoms with Gasteiger partial charge >= 0.3 is 0 Å². The average molecular weight is 274 g/mol. The van der Waals surface area contributed by atoms with Gasteiger partial charge in [0, 0.05) is 43.6 Å². The van der Waals surface area contributed by atoms with Crippen LogP contribution in [0.5, 0.6) is 0 Å². The number of nitrogens with zero attached hydrogens (tertiary/aromatic N) is 3. The fourth-order valence-corrected chi connectivity index (χ4v) is 4.13. The van der Waals surface area contributed by atoms with Crippen LogP contribution >= 0.6 is 0 Å². The number of piperidine rings is 1. The molecule has 20 heavy (non-hydrogen) atoms. The predicted molar refractivity (Wildman–Crippen MR) is 81.3 cm³/mol. The Hall–Kier alpha value is -0.970. The zero-order chi connectivity index (χ0) is 14.0. The van der Waals surface area contributed by atoms with E-state index in [1.807, 2.05) is 18.5 Å². The van der Waals surface area contributed by atoms with Crippen LogP contribution in [-0.4, -0.2) is 53.0 Å². The molecule has 3 heterocycles. The number of likely N-dealkylation sites (N-methyl/N-ethyl adjacent to an activating group) is 1. The third kappa shape index (κ3) is 2.36. The van der Waals surface area contributed by atoms with Crippen LogP contribution in [0.15, 0.2) is 24.5 Å². The van der Waals surface area contributed by atoms with Crippen LogP contribution in [0.2, 0.25) is 0 Å². The van der Waals surface area contributed by atoms with Crippen LogP contribution in [0.25, 0.3) is 0 Å². The first kappa shape index (κ1) is 14.0. The molecule has 2 aliphatic heterocycles. The molecule has 2 atom stereocenters. The Labute approximate surface area is 122 Å². The smallest absolute Gasteiger partial charge is 0.0499 e. The van der Waals surface area contributed by atoms with Gasteiger partial charge in [0.25, 0.3) is 0 Å².